The lowest BCUT2D eigenvalue weighted by molar-refractivity contribution is -0.134. The van der Waals surface area contributed by atoms with Gasteiger partial charge in [0.2, 0.25) is 5.91 Å². The number of carbonyl (C=O) groups excluding carboxylic acids is 1. The molecule has 1 aliphatic rings. The van der Waals surface area contributed by atoms with Crippen molar-refractivity contribution in [2.75, 3.05) is 13.1 Å². The molecular formula is C17H25ClN4O. The third kappa shape index (κ3) is 4.03. The summed E-state index contributed by atoms with van der Waals surface area (Å²) in [4.78, 5) is 18.7. The molecule has 126 valence electrons. The average molecular weight is 337 g/mol. The Bertz CT molecular complexity index is 649. The zero-order valence-corrected chi connectivity index (χ0v) is 14.3. The van der Waals surface area contributed by atoms with Gasteiger partial charge in [-0.2, -0.15) is 0 Å². The number of carbonyl (C=O) groups is 1. The first kappa shape index (κ1) is 17.8. The molecule has 3 rings (SSSR count). The smallest absolute Gasteiger partial charge is 0.239 e. The number of nitrogens with zero attached hydrogens (tertiary/aromatic N) is 3. The van der Waals surface area contributed by atoms with E-state index in [1.54, 1.807) is 6.20 Å². The van der Waals surface area contributed by atoms with Crippen molar-refractivity contribution in [3.63, 3.8) is 0 Å². The highest BCUT2D eigenvalue weighted by molar-refractivity contribution is 5.85. The third-order valence-corrected chi connectivity index (χ3v) is 4.62. The Kier molecular flexibility index (Phi) is 6.02. The summed E-state index contributed by atoms with van der Waals surface area (Å²) in [7, 11) is 0. The topological polar surface area (TPSA) is 64.2 Å². The van der Waals surface area contributed by atoms with Crippen LogP contribution in [0.15, 0.2) is 30.6 Å². The van der Waals surface area contributed by atoms with Crippen LogP contribution in [0.4, 0.5) is 0 Å². The van der Waals surface area contributed by atoms with Crippen molar-refractivity contribution in [1.82, 2.24) is 14.5 Å². The van der Waals surface area contributed by atoms with E-state index in [2.05, 4.69) is 16.5 Å². The quantitative estimate of drug-likeness (QED) is 0.932. The molecule has 5 nitrogen and oxygen atoms in total. The van der Waals surface area contributed by atoms with Crippen LogP contribution in [0.3, 0.4) is 0 Å². The van der Waals surface area contributed by atoms with Crippen LogP contribution in [0.2, 0.25) is 0 Å². The van der Waals surface area contributed by atoms with Gasteiger partial charge in [0.25, 0.3) is 0 Å². The number of pyridine rings is 1. The van der Waals surface area contributed by atoms with E-state index in [-0.39, 0.29) is 18.3 Å². The van der Waals surface area contributed by atoms with Crippen molar-refractivity contribution >= 4 is 29.3 Å². The van der Waals surface area contributed by atoms with Gasteiger partial charge in [-0.1, -0.05) is 6.92 Å². The molecule has 0 saturated carbocycles. The van der Waals surface area contributed by atoms with Gasteiger partial charge in [-0.15, -0.1) is 12.4 Å². The Balaban J connectivity index is 0.00000192. The molecule has 1 amide bonds. The molecule has 1 saturated heterocycles. The second-order valence-corrected chi connectivity index (χ2v) is 6.33. The van der Waals surface area contributed by atoms with Gasteiger partial charge in [0, 0.05) is 37.4 Å². The molecule has 0 aromatic carbocycles. The molecule has 1 aliphatic heterocycles. The van der Waals surface area contributed by atoms with E-state index >= 15 is 0 Å². The van der Waals surface area contributed by atoms with Crippen LogP contribution < -0.4 is 5.73 Å². The number of nitrogens with two attached hydrogens (primary N) is 1. The number of hydrogen-bond acceptors (Lipinski definition) is 3. The third-order valence-electron chi connectivity index (χ3n) is 4.62. The van der Waals surface area contributed by atoms with Gasteiger partial charge < -0.3 is 15.2 Å². The molecule has 2 aromatic rings. The van der Waals surface area contributed by atoms with Crippen LogP contribution >= 0.6 is 12.4 Å². The summed E-state index contributed by atoms with van der Waals surface area (Å²) in [6.45, 7) is 4.66. The number of aryl methyl sites for hydroxylation is 1. The summed E-state index contributed by atoms with van der Waals surface area (Å²) in [5, 5.41) is 1.12. The molecule has 2 aromatic heterocycles. The Morgan fingerprint density at radius 2 is 2.13 bits per heavy atom. The highest BCUT2D eigenvalue weighted by Crippen LogP contribution is 2.17. The first-order chi connectivity index (χ1) is 10.6. The van der Waals surface area contributed by atoms with Gasteiger partial charge in [-0.25, -0.2) is 4.98 Å². The number of likely N-dealkylation sites (tertiary alicyclic amines) is 1. The summed E-state index contributed by atoms with van der Waals surface area (Å²) in [6.07, 6.45) is 6.62. The van der Waals surface area contributed by atoms with E-state index in [1.807, 2.05) is 29.3 Å². The van der Waals surface area contributed by atoms with Gasteiger partial charge in [0.1, 0.15) is 5.65 Å². The van der Waals surface area contributed by atoms with Crippen molar-refractivity contribution in [2.45, 2.75) is 38.8 Å². The predicted octanol–water partition coefficient (Wildman–Crippen LogP) is 2.43. The van der Waals surface area contributed by atoms with Crippen LogP contribution in [0.1, 0.15) is 26.2 Å². The summed E-state index contributed by atoms with van der Waals surface area (Å²) in [5.41, 5.74) is 7.07. The van der Waals surface area contributed by atoms with Crippen molar-refractivity contribution in [2.24, 2.45) is 11.7 Å². The summed E-state index contributed by atoms with van der Waals surface area (Å²) in [5.74, 6) is 0.814. The summed E-state index contributed by atoms with van der Waals surface area (Å²) >= 11 is 0. The van der Waals surface area contributed by atoms with E-state index in [0.717, 1.165) is 49.4 Å². The molecule has 1 fully saturated rings. The van der Waals surface area contributed by atoms with E-state index in [4.69, 9.17) is 5.73 Å². The fourth-order valence-electron chi connectivity index (χ4n) is 3.07. The number of hydrogen-bond donors (Lipinski definition) is 1. The maximum Gasteiger partial charge on any atom is 0.239 e. The minimum Gasteiger partial charge on any atom is -0.341 e. The fourth-order valence-corrected chi connectivity index (χ4v) is 3.07. The molecular weight excluding hydrogens is 312 g/mol. The lowest BCUT2D eigenvalue weighted by Gasteiger charge is -2.32. The number of amides is 1. The SMILES string of the molecule is CC1CCN(C(=O)C(N)CCn2ccc3cccnc32)CC1.Cl. The van der Waals surface area contributed by atoms with E-state index in [9.17, 15) is 4.79 Å². The van der Waals surface area contributed by atoms with Crippen molar-refractivity contribution in [1.29, 1.82) is 0 Å². The van der Waals surface area contributed by atoms with Crippen LogP contribution in [-0.4, -0.2) is 39.5 Å². The van der Waals surface area contributed by atoms with Crippen LogP contribution in [0, 0.1) is 5.92 Å². The molecule has 0 aliphatic carbocycles. The number of halogens is 1. The minimum atomic E-state index is -0.422. The largest absolute Gasteiger partial charge is 0.341 e. The fraction of sp³-hybridized carbons (Fsp3) is 0.529. The Labute approximate surface area is 143 Å². The highest BCUT2D eigenvalue weighted by Gasteiger charge is 2.24. The number of piperidine rings is 1. The average Bonchev–Trinajstić information content (AvgIpc) is 2.96. The highest BCUT2D eigenvalue weighted by atomic mass is 35.5. The first-order valence-electron chi connectivity index (χ1n) is 8.09. The molecule has 23 heavy (non-hydrogen) atoms. The van der Waals surface area contributed by atoms with Gasteiger partial charge in [0.15, 0.2) is 0 Å². The summed E-state index contributed by atoms with van der Waals surface area (Å²) < 4.78 is 2.07. The number of fused-ring (bicyclic) bond motifs is 1. The standard InChI is InChI=1S/C17H24N4O.ClH/c1-13-4-9-21(10-5-13)17(22)15(18)7-12-20-11-6-14-3-2-8-19-16(14)20;/h2-3,6,8,11,13,15H,4-5,7,9-10,12,18H2,1H3;1H. The normalized spacial score (nSPS) is 17.0. The molecule has 2 N–H and O–H groups in total. The molecule has 3 heterocycles. The second-order valence-electron chi connectivity index (χ2n) is 6.33. The maximum atomic E-state index is 12.4. The zero-order valence-electron chi connectivity index (χ0n) is 13.5. The minimum absolute atomic E-state index is 0. The lowest BCUT2D eigenvalue weighted by Crippen LogP contribution is -2.47. The molecule has 6 heteroatoms. The monoisotopic (exact) mass is 336 g/mol. The molecule has 0 bridgehead atoms. The molecule has 1 atom stereocenters. The van der Waals surface area contributed by atoms with Gasteiger partial charge in [-0.3, -0.25) is 4.79 Å². The van der Waals surface area contributed by atoms with Gasteiger partial charge >= 0.3 is 0 Å². The van der Waals surface area contributed by atoms with Crippen molar-refractivity contribution < 1.29 is 4.79 Å². The number of aromatic nitrogens is 2. The predicted molar refractivity (Wildman–Crippen MR) is 94.6 cm³/mol. The Morgan fingerprint density at radius 1 is 1.39 bits per heavy atom. The van der Waals surface area contributed by atoms with E-state index < -0.39 is 6.04 Å². The zero-order chi connectivity index (χ0) is 15.5. The summed E-state index contributed by atoms with van der Waals surface area (Å²) in [6, 6.07) is 5.59. The van der Waals surface area contributed by atoms with Crippen LogP contribution in [-0.2, 0) is 11.3 Å². The molecule has 1 unspecified atom stereocenters. The van der Waals surface area contributed by atoms with E-state index in [1.165, 1.54) is 0 Å². The van der Waals surface area contributed by atoms with E-state index in [0.29, 0.717) is 6.42 Å². The molecule has 0 radical (unpaired) electrons. The first-order valence-corrected chi connectivity index (χ1v) is 8.09. The Morgan fingerprint density at radius 3 is 2.87 bits per heavy atom. The van der Waals surface area contributed by atoms with Crippen molar-refractivity contribution in [3.8, 4) is 0 Å². The lowest BCUT2D eigenvalue weighted by atomic mass is 9.98. The van der Waals surface area contributed by atoms with Crippen molar-refractivity contribution in [3.05, 3.63) is 30.6 Å². The van der Waals surface area contributed by atoms with Crippen LogP contribution in [0.5, 0.6) is 0 Å². The second kappa shape index (κ2) is 7.79. The van der Waals surface area contributed by atoms with Crippen LogP contribution in [0.25, 0.3) is 11.0 Å². The number of rotatable bonds is 4. The molecule has 0 spiro atoms. The van der Waals surface area contributed by atoms with Gasteiger partial charge in [-0.05, 0) is 43.4 Å². The van der Waals surface area contributed by atoms with Gasteiger partial charge in [0.05, 0.1) is 6.04 Å². The maximum absolute atomic E-state index is 12.4. The Hall–Kier alpha value is -1.59.